The molecule has 3 aromatic rings. The molecule has 1 aromatic heterocycles. The molecular weight excluding hydrogens is 438 g/mol. The minimum absolute atomic E-state index is 0.0161. The quantitative estimate of drug-likeness (QED) is 0.617. The Balaban J connectivity index is 1.58. The molecule has 5 rings (SSSR count). The molecule has 0 bridgehead atoms. The molecule has 1 aliphatic heterocycles. The number of anilines is 1. The number of allylic oxidation sites excluding steroid dienone is 1. The van der Waals surface area contributed by atoms with Gasteiger partial charge in [0.05, 0.1) is 23.9 Å². The Morgan fingerprint density at radius 2 is 1.88 bits per heavy atom. The topological polar surface area (TPSA) is 67.2 Å². The first kappa shape index (κ1) is 22.0. The molecule has 34 heavy (non-hydrogen) atoms. The molecule has 1 fully saturated rings. The van der Waals surface area contributed by atoms with Gasteiger partial charge in [0.15, 0.2) is 0 Å². The third-order valence-corrected chi connectivity index (χ3v) is 6.52. The van der Waals surface area contributed by atoms with E-state index in [2.05, 4.69) is 10.4 Å². The number of carbonyl (C=O) groups excluding carboxylic acids is 2. The van der Waals surface area contributed by atoms with E-state index in [9.17, 15) is 18.4 Å². The van der Waals surface area contributed by atoms with Gasteiger partial charge in [-0.3, -0.25) is 14.3 Å². The number of halogens is 2. The highest BCUT2D eigenvalue weighted by Gasteiger charge is 2.44. The molecule has 0 spiro atoms. The Labute approximate surface area is 195 Å². The maximum Gasteiger partial charge on any atom is 0.254 e. The van der Waals surface area contributed by atoms with Crippen molar-refractivity contribution in [3.05, 3.63) is 88.2 Å². The van der Waals surface area contributed by atoms with E-state index in [1.807, 2.05) is 24.8 Å². The van der Waals surface area contributed by atoms with Gasteiger partial charge < -0.3 is 10.2 Å². The number of amides is 1. The number of ketones is 1. The molecule has 2 heterocycles. The summed E-state index contributed by atoms with van der Waals surface area (Å²) in [6, 6.07) is 11.8. The summed E-state index contributed by atoms with van der Waals surface area (Å²) in [6.07, 6.45) is 0.325. The monoisotopic (exact) mass is 462 g/mol. The van der Waals surface area contributed by atoms with E-state index < -0.39 is 29.5 Å². The van der Waals surface area contributed by atoms with Crippen molar-refractivity contribution in [1.29, 1.82) is 0 Å². The van der Waals surface area contributed by atoms with Crippen molar-refractivity contribution < 1.29 is 18.4 Å². The number of fused-ring (bicyclic) bond motifs is 1. The molecule has 0 saturated heterocycles. The number of carbonyl (C=O) groups is 2. The first-order valence-corrected chi connectivity index (χ1v) is 11.1. The summed E-state index contributed by atoms with van der Waals surface area (Å²) in [7, 11) is 1.80. The zero-order valence-electron chi connectivity index (χ0n) is 19.1. The zero-order valence-corrected chi connectivity index (χ0v) is 19.1. The van der Waals surface area contributed by atoms with Crippen LogP contribution < -0.4 is 10.2 Å². The number of aryl methyl sites for hydroxylation is 2. The minimum atomic E-state index is -0.665. The number of hydrogen-bond acceptors (Lipinski definition) is 4. The number of hydrogen-bond donors (Lipinski definition) is 1. The fourth-order valence-electron chi connectivity index (χ4n) is 4.74. The maximum atomic E-state index is 14.9. The van der Waals surface area contributed by atoms with Gasteiger partial charge in [0.2, 0.25) is 0 Å². The lowest BCUT2D eigenvalue weighted by atomic mass is 9.91. The van der Waals surface area contributed by atoms with Crippen LogP contribution in [0.25, 0.3) is 5.57 Å². The highest BCUT2D eigenvalue weighted by atomic mass is 19.1. The number of benzene rings is 2. The van der Waals surface area contributed by atoms with Gasteiger partial charge in [0.25, 0.3) is 5.91 Å². The second kappa shape index (κ2) is 8.20. The lowest BCUT2D eigenvalue weighted by molar-refractivity contribution is -0.116. The van der Waals surface area contributed by atoms with E-state index in [4.69, 9.17) is 0 Å². The van der Waals surface area contributed by atoms with Crippen molar-refractivity contribution >= 4 is 23.1 Å². The van der Waals surface area contributed by atoms with E-state index in [1.54, 1.807) is 36.0 Å². The van der Waals surface area contributed by atoms with E-state index in [0.717, 1.165) is 11.5 Å². The summed E-state index contributed by atoms with van der Waals surface area (Å²) in [5.41, 5.74) is 3.19. The largest absolute Gasteiger partial charge is 0.344 e. The number of Topliss-reactive ketones (excluding diaryl/α,β-unsaturated/α-hetero) is 1. The van der Waals surface area contributed by atoms with Crippen LogP contribution in [0.4, 0.5) is 14.6 Å². The molecular formula is C26H24F2N4O2. The van der Waals surface area contributed by atoms with Crippen molar-refractivity contribution in [2.24, 2.45) is 13.0 Å². The van der Waals surface area contributed by atoms with Gasteiger partial charge in [-0.25, -0.2) is 8.78 Å². The van der Waals surface area contributed by atoms with Gasteiger partial charge in [0.1, 0.15) is 23.2 Å². The average molecular weight is 463 g/mol. The fourth-order valence-corrected chi connectivity index (χ4v) is 4.74. The molecule has 1 unspecified atom stereocenters. The predicted octanol–water partition coefficient (Wildman–Crippen LogP) is 4.20. The molecule has 1 N–H and O–H groups in total. The lowest BCUT2D eigenvalue weighted by Crippen LogP contribution is -2.36. The maximum absolute atomic E-state index is 14.9. The van der Waals surface area contributed by atoms with Gasteiger partial charge in [-0.15, -0.1) is 0 Å². The summed E-state index contributed by atoms with van der Waals surface area (Å²) < 4.78 is 30.5. The van der Waals surface area contributed by atoms with E-state index >= 15 is 0 Å². The van der Waals surface area contributed by atoms with Crippen LogP contribution >= 0.6 is 0 Å². The number of nitrogens with zero attached hydrogens (tertiary/aromatic N) is 3. The summed E-state index contributed by atoms with van der Waals surface area (Å²) >= 11 is 0. The number of aromatic nitrogens is 2. The highest BCUT2D eigenvalue weighted by molar-refractivity contribution is 6.22. The van der Waals surface area contributed by atoms with Crippen molar-refractivity contribution in [2.75, 3.05) is 4.90 Å². The molecule has 1 saturated carbocycles. The fraction of sp³-hybridized carbons (Fsp3) is 0.269. The average Bonchev–Trinajstić information content (AvgIpc) is 3.41. The normalized spacial score (nSPS) is 18.1. The molecule has 6 nitrogen and oxygen atoms in total. The highest BCUT2D eigenvalue weighted by Crippen LogP contribution is 2.40. The van der Waals surface area contributed by atoms with Gasteiger partial charge in [0, 0.05) is 36.7 Å². The Hall–Kier alpha value is -3.81. The Bertz CT molecular complexity index is 1360. The second-order valence-electron chi connectivity index (χ2n) is 8.86. The molecule has 2 aliphatic rings. The van der Waals surface area contributed by atoms with E-state index in [1.165, 1.54) is 18.2 Å². The van der Waals surface area contributed by atoms with E-state index in [0.29, 0.717) is 34.4 Å². The Kier molecular flexibility index (Phi) is 5.31. The van der Waals surface area contributed by atoms with Crippen molar-refractivity contribution in [3.8, 4) is 0 Å². The van der Waals surface area contributed by atoms with Crippen molar-refractivity contribution in [3.63, 3.8) is 0 Å². The van der Waals surface area contributed by atoms with E-state index in [-0.39, 0.29) is 12.3 Å². The summed E-state index contributed by atoms with van der Waals surface area (Å²) in [6.45, 7) is 3.92. The number of rotatable bonds is 5. The molecule has 174 valence electrons. The first-order valence-electron chi connectivity index (χ1n) is 11.1. The Morgan fingerprint density at radius 1 is 1.15 bits per heavy atom. The Morgan fingerprint density at radius 3 is 2.53 bits per heavy atom. The number of nitrogens with one attached hydrogen (secondary N) is 1. The SMILES string of the molecule is CC1=C(C(=O)N[C@H](c2cccc(F)c2)C2CC2=O)c2cccc(F)c2CN1c1cc(C)nn1C. The van der Waals surface area contributed by atoms with Crippen LogP contribution in [0.2, 0.25) is 0 Å². The summed E-state index contributed by atoms with van der Waals surface area (Å²) in [4.78, 5) is 27.6. The third kappa shape index (κ3) is 3.79. The van der Waals surface area contributed by atoms with Crippen LogP contribution in [0.5, 0.6) is 0 Å². The van der Waals surface area contributed by atoms with Crippen LogP contribution in [-0.2, 0) is 23.2 Å². The van der Waals surface area contributed by atoms with Crippen LogP contribution in [0.15, 0.2) is 54.2 Å². The third-order valence-electron chi connectivity index (χ3n) is 6.52. The van der Waals surface area contributed by atoms with Crippen molar-refractivity contribution in [1.82, 2.24) is 15.1 Å². The first-order chi connectivity index (χ1) is 16.2. The summed E-state index contributed by atoms with van der Waals surface area (Å²) in [5, 5.41) is 7.34. The zero-order chi connectivity index (χ0) is 24.1. The van der Waals surface area contributed by atoms with Gasteiger partial charge in [-0.1, -0.05) is 24.3 Å². The minimum Gasteiger partial charge on any atom is -0.344 e. The lowest BCUT2D eigenvalue weighted by Gasteiger charge is -2.33. The van der Waals surface area contributed by atoms with Gasteiger partial charge >= 0.3 is 0 Å². The molecule has 1 aliphatic carbocycles. The molecule has 8 heteroatoms. The predicted molar refractivity (Wildman–Crippen MR) is 124 cm³/mol. The molecule has 1 amide bonds. The second-order valence-corrected chi connectivity index (χ2v) is 8.86. The smallest absolute Gasteiger partial charge is 0.254 e. The standard InChI is InChI=1S/C26H24F2N4O2/c1-14-10-23(31(3)30-14)32-13-20-18(8-5-9-21(20)28)24(15(32)2)26(34)29-25(19-12-22(19)33)16-6-4-7-17(27)11-16/h4-11,19,25H,12-13H2,1-3H3,(H,29,34)/t19?,25-/m1/s1. The molecule has 2 aromatic carbocycles. The van der Waals surface area contributed by atoms with Crippen LogP contribution in [-0.4, -0.2) is 21.5 Å². The van der Waals surface area contributed by atoms with Crippen LogP contribution in [0, 0.1) is 24.5 Å². The van der Waals surface area contributed by atoms with Crippen LogP contribution in [0.1, 0.15) is 41.8 Å². The van der Waals surface area contributed by atoms with Gasteiger partial charge in [-0.05, 0) is 43.2 Å². The van der Waals surface area contributed by atoms with Gasteiger partial charge in [-0.2, -0.15) is 5.10 Å². The molecule has 0 radical (unpaired) electrons. The van der Waals surface area contributed by atoms with Crippen LogP contribution in [0.3, 0.4) is 0 Å². The molecule has 2 atom stereocenters. The van der Waals surface area contributed by atoms with Crippen molar-refractivity contribution in [2.45, 2.75) is 32.9 Å². The summed E-state index contributed by atoms with van der Waals surface area (Å²) in [5.74, 6) is -0.947.